The molecule has 0 heterocycles. The zero-order valence-corrected chi connectivity index (χ0v) is 9.07. The molecule has 0 aliphatic carbocycles. The highest BCUT2D eigenvalue weighted by atomic mass is 35.5. The molecule has 1 amide bonds. The number of aliphatic carboxylic acids is 1. The van der Waals surface area contributed by atoms with E-state index in [0.717, 1.165) is 0 Å². The monoisotopic (exact) mass is 242 g/mol. The summed E-state index contributed by atoms with van der Waals surface area (Å²) in [6, 6.07) is 5.54. The van der Waals surface area contributed by atoms with Gasteiger partial charge in [-0.05, 0) is 12.1 Å². The average Bonchev–Trinajstić information content (AvgIpc) is 2.20. The average molecular weight is 243 g/mol. The first-order valence-corrected chi connectivity index (χ1v) is 4.91. The normalized spacial score (nSPS) is 11.9. The van der Waals surface area contributed by atoms with Crippen LogP contribution in [-0.4, -0.2) is 23.0 Å². The summed E-state index contributed by atoms with van der Waals surface area (Å²) in [5.41, 5.74) is 5.79. The minimum absolute atomic E-state index is 0.373. The van der Waals surface area contributed by atoms with Crippen LogP contribution in [0.2, 0.25) is 5.02 Å². The summed E-state index contributed by atoms with van der Waals surface area (Å²) < 4.78 is 0. The summed E-state index contributed by atoms with van der Waals surface area (Å²) in [4.78, 5) is 21.8. The van der Waals surface area contributed by atoms with Crippen molar-refractivity contribution in [3.05, 3.63) is 29.3 Å². The number of para-hydroxylation sites is 1. The lowest BCUT2D eigenvalue weighted by Crippen LogP contribution is -2.37. The largest absolute Gasteiger partial charge is 0.481 e. The highest BCUT2D eigenvalue weighted by Gasteiger charge is 2.17. The Bertz CT molecular complexity index is 409. The van der Waals surface area contributed by atoms with Gasteiger partial charge in [0.25, 0.3) is 0 Å². The smallest absolute Gasteiger partial charge is 0.305 e. The third-order valence-corrected chi connectivity index (χ3v) is 2.19. The molecule has 0 radical (unpaired) electrons. The maximum absolute atomic E-state index is 11.4. The van der Waals surface area contributed by atoms with Gasteiger partial charge in [-0.2, -0.15) is 0 Å². The molecule has 0 aromatic heterocycles. The standard InChI is InChI=1S/C10H11ClN2O3/c11-6-3-1-2-4-8(6)13-10(16)7(12)5-9(14)15/h1-4,7H,5,12H2,(H,13,16)(H,14,15). The summed E-state index contributed by atoms with van der Waals surface area (Å²) in [6.07, 6.45) is -0.420. The summed E-state index contributed by atoms with van der Waals surface area (Å²) in [6.45, 7) is 0. The quantitative estimate of drug-likeness (QED) is 0.737. The molecule has 6 heteroatoms. The van der Waals surface area contributed by atoms with Gasteiger partial charge in [0.05, 0.1) is 23.2 Å². The molecule has 0 aliphatic heterocycles. The fourth-order valence-electron chi connectivity index (χ4n) is 1.07. The van der Waals surface area contributed by atoms with Crippen molar-refractivity contribution in [2.75, 3.05) is 5.32 Å². The number of rotatable bonds is 4. The Morgan fingerprint density at radius 2 is 2.06 bits per heavy atom. The molecule has 0 saturated heterocycles. The second-order valence-electron chi connectivity index (χ2n) is 3.17. The summed E-state index contributed by atoms with van der Waals surface area (Å²) in [7, 11) is 0. The fourth-order valence-corrected chi connectivity index (χ4v) is 1.25. The summed E-state index contributed by atoms with van der Waals surface area (Å²) in [5.74, 6) is -1.70. The van der Waals surface area contributed by atoms with E-state index in [-0.39, 0.29) is 0 Å². The molecule has 0 bridgehead atoms. The number of halogens is 1. The molecular weight excluding hydrogens is 232 g/mol. The van der Waals surface area contributed by atoms with Gasteiger partial charge in [0, 0.05) is 0 Å². The fraction of sp³-hybridized carbons (Fsp3) is 0.200. The van der Waals surface area contributed by atoms with Crippen molar-refractivity contribution in [3.8, 4) is 0 Å². The van der Waals surface area contributed by atoms with Gasteiger partial charge in [-0.25, -0.2) is 0 Å². The van der Waals surface area contributed by atoms with Gasteiger partial charge in [-0.3, -0.25) is 9.59 Å². The van der Waals surface area contributed by atoms with E-state index in [1.165, 1.54) is 0 Å². The number of benzene rings is 1. The van der Waals surface area contributed by atoms with Crippen molar-refractivity contribution in [2.45, 2.75) is 12.5 Å². The molecule has 4 N–H and O–H groups in total. The molecule has 0 saturated carbocycles. The van der Waals surface area contributed by atoms with Crippen molar-refractivity contribution >= 4 is 29.2 Å². The number of hydrogen-bond donors (Lipinski definition) is 3. The van der Waals surface area contributed by atoms with Gasteiger partial charge < -0.3 is 16.2 Å². The molecule has 16 heavy (non-hydrogen) atoms. The minimum Gasteiger partial charge on any atom is -0.481 e. The zero-order chi connectivity index (χ0) is 12.1. The Hall–Kier alpha value is -1.59. The molecule has 5 nitrogen and oxygen atoms in total. The minimum atomic E-state index is -1.12. The van der Waals surface area contributed by atoms with Crippen LogP contribution in [0.4, 0.5) is 5.69 Å². The van der Waals surface area contributed by atoms with Crippen LogP contribution < -0.4 is 11.1 Å². The van der Waals surface area contributed by atoms with Gasteiger partial charge >= 0.3 is 5.97 Å². The Kier molecular flexibility index (Phi) is 4.28. The van der Waals surface area contributed by atoms with Crippen LogP contribution in [-0.2, 0) is 9.59 Å². The number of carbonyl (C=O) groups is 2. The van der Waals surface area contributed by atoms with E-state index in [4.69, 9.17) is 22.4 Å². The van der Waals surface area contributed by atoms with Crippen LogP contribution >= 0.6 is 11.6 Å². The van der Waals surface area contributed by atoms with E-state index in [9.17, 15) is 9.59 Å². The van der Waals surface area contributed by atoms with Gasteiger partial charge in [0.15, 0.2) is 0 Å². The van der Waals surface area contributed by atoms with E-state index in [0.29, 0.717) is 10.7 Å². The lowest BCUT2D eigenvalue weighted by molar-refractivity contribution is -0.138. The number of nitrogens with two attached hydrogens (primary N) is 1. The van der Waals surface area contributed by atoms with E-state index in [1.54, 1.807) is 24.3 Å². The molecule has 1 aromatic carbocycles. The second-order valence-corrected chi connectivity index (χ2v) is 3.58. The Labute approximate surface area is 97.2 Å². The number of amides is 1. The molecule has 0 spiro atoms. The first kappa shape index (κ1) is 12.5. The molecule has 86 valence electrons. The first-order valence-electron chi connectivity index (χ1n) is 4.53. The summed E-state index contributed by atoms with van der Waals surface area (Å²) >= 11 is 5.81. The number of nitrogens with one attached hydrogen (secondary N) is 1. The number of hydrogen-bond acceptors (Lipinski definition) is 3. The van der Waals surface area contributed by atoms with Crippen LogP contribution in [0.5, 0.6) is 0 Å². The van der Waals surface area contributed by atoms with E-state index in [1.807, 2.05) is 0 Å². The topological polar surface area (TPSA) is 92.4 Å². The van der Waals surface area contributed by atoms with Crippen molar-refractivity contribution in [1.29, 1.82) is 0 Å². The maximum Gasteiger partial charge on any atom is 0.305 e. The zero-order valence-electron chi connectivity index (χ0n) is 8.31. The van der Waals surface area contributed by atoms with Crippen molar-refractivity contribution < 1.29 is 14.7 Å². The molecule has 1 atom stereocenters. The van der Waals surface area contributed by atoms with Gasteiger partial charge in [0.2, 0.25) is 5.91 Å². The lowest BCUT2D eigenvalue weighted by atomic mass is 10.2. The highest BCUT2D eigenvalue weighted by Crippen LogP contribution is 2.20. The van der Waals surface area contributed by atoms with Crippen LogP contribution in [0.15, 0.2) is 24.3 Å². The molecule has 1 rings (SSSR count). The van der Waals surface area contributed by atoms with E-state index >= 15 is 0 Å². The number of carboxylic acids is 1. The van der Waals surface area contributed by atoms with Crippen LogP contribution in [0.25, 0.3) is 0 Å². The van der Waals surface area contributed by atoms with Gasteiger partial charge in [0.1, 0.15) is 0 Å². The van der Waals surface area contributed by atoms with Crippen LogP contribution in [0.3, 0.4) is 0 Å². The van der Waals surface area contributed by atoms with Crippen molar-refractivity contribution in [2.24, 2.45) is 5.73 Å². The van der Waals surface area contributed by atoms with Gasteiger partial charge in [-0.15, -0.1) is 0 Å². The molecular formula is C10H11ClN2O3. The SMILES string of the molecule is NC(CC(=O)O)C(=O)Nc1ccccc1Cl. The molecule has 0 fully saturated rings. The molecule has 1 unspecified atom stereocenters. The third-order valence-electron chi connectivity index (χ3n) is 1.86. The Morgan fingerprint density at radius 3 is 2.62 bits per heavy atom. The predicted octanol–water partition coefficient (Wildman–Crippen LogP) is 1.08. The van der Waals surface area contributed by atoms with Crippen molar-refractivity contribution in [1.82, 2.24) is 0 Å². The van der Waals surface area contributed by atoms with E-state index in [2.05, 4.69) is 5.32 Å². The molecule has 0 aliphatic rings. The number of carboxylic acid groups (broad SMARTS) is 1. The van der Waals surface area contributed by atoms with Crippen molar-refractivity contribution in [3.63, 3.8) is 0 Å². The second kappa shape index (κ2) is 5.48. The van der Waals surface area contributed by atoms with Gasteiger partial charge in [-0.1, -0.05) is 23.7 Å². The first-order chi connectivity index (χ1) is 7.50. The Balaban J connectivity index is 2.64. The summed E-state index contributed by atoms with van der Waals surface area (Å²) in [5, 5.41) is 11.3. The highest BCUT2D eigenvalue weighted by molar-refractivity contribution is 6.33. The lowest BCUT2D eigenvalue weighted by Gasteiger charge is -2.10. The Morgan fingerprint density at radius 1 is 1.44 bits per heavy atom. The van der Waals surface area contributed by atoms with E-state index < -0.39 is 24.3 Å². The third kappa shape index (κ3) is 3.52. The number of carbonyl (C=O) groups excluding carboxylic acids is 1. The maximum atomic E-state index is 11.4. The van der Waals surface area contributed by atoms with Crippen LogP contribution in [0, 0.1) is 0 Å². The number of anilines is 1. The predicted molar refractivity (Wildman–Crippen MR) is 60.3 cm³/mol. The van der Waals surface area contributed by atoms with Crippen LogP contribution in [0.1, 0.15) is 6.42 Å². The molecule has 1 aromatic rings.